The van der Waals surface area contributed by atoms with Gasteiger partial charge in [-0.3, -0.25) is 0 Å². The van der Waals surface area contributed by atoms with Crippen molar-refractivity contribution in [2.45, 2.75) is 13.0 Å². The first kappa shape index (κ1) is 11.7. The lowest BCUT2D eigenvalue weighted by Gasteiger charge is -2.14. The monoisotopic (exact) mass is 212 g/mol. The Morgan fingerprint density at radius 3 is 1.73 bits per heavy atom. The lowest BCUT2D eigenvalue weighted by atomic mass is 10.1. The minimum absolute atomic E-state index is 0.179. The summed E-state index contributed by atoms with van der Waals surface area (Å²) in [6.07, 6.45) is 0. The van der Waals surface area contributed by atoms with Crippen molar-refractivity contribution in [3.8, 4) is 17.2 Å². The highest BCUT2D eigenvalue weighted by Crippen LogP contribution is 2.38. The van der Waals surface area contributed by atoms with E-state index in [0.29, 0.717) is 17.2 Å². The van der Waals surface area contributed by atoms with Gasteiger partial charge in [0.05, 0.1) is 21.3 Å². The second-order valence-electron chi connectivity index (χ2n) is 3.36. The van der Waals surface area contributed by atoms with Gasteiger partial charge in [0.2, 0.25) is 5.75 Å². The van der Waals surface area contributed by atoms with Crippen molar-refractivity contribution in [3.63, 3.8) is 0 Å². The fraction of sp³-hybridized carbons (Fsp3) is 0.455. The van der Waals surface area contributed by atoms with Gasteiger partial charge >= 0.3 is 0 Å². The highest BCUT2D eigenvalue weighted by atomic mass is 16.5. The van der Waals surface area contributed by atoms with Gasteiger partial charge in [-0.25, -0.2) is 0 Å². The summed E-state index contributed by atoms with van der Waals surface area (Å²) in [5.74, 6) is 1.95. The topological polar surface area (TPSA) is 55.3 Å². The molecule has 1 rings (SSSR count). The van der Waals surface area contributed by atoms with Crippen LogP contribution in [0, 0.1) is 0 Å². The Hall–Kier alpha value is -1.42. The van der Waals surface area contributed by atoms with E-state index in [4.69, 9.17) is 14.2 Å². The van der Waals surface area contributed by atoms with E-state index in [1.165, 1.54) is 0 Å². The molecule has 4 heteroatoms. The van der Waals surface area contributed by atoms with Crippen molar-refractivity contribution in [2.75, 3.05) is 21.3 Å². The van der Waals surface area contributed by atoms with Crippen LogP contribution < -0.4 is 19.9 Å². The molecule has 84 valence electrons. The second-order valence-corrected chi connectivity index (χ2v) is 3.36. The summed E-state index contributed by atoms with van der Waals surface area (Å²) >= 11 is 0. The fourth-order valence-electron chi connectivity index (χ4n) is 1.39. The average molecular weight is 212 g/mol. The van der Waals surface area contributed by atoms with Crippen LogP contribution in [0.15, 0.2) is 12.1 Å². The van der Waals surface area contributed by atoms with Crippen molar-refractivity contribution in [1.82, 2.24) is 0 Å². The van der Waals surface area contributed by atoms with Crippen LogP contribution in [-0.2, 0) is 0 Å². The zero-order valence-corrected chi connectivity index (χ0v) is 9.66. The number of methoxy groups -OCH3 is 3. The molecule has 0 saturated heterocycles. The molecule has 0 aromatic heterocycles. The minimum Gasteiger partial charge on any atom is -0.493 e. The molecule has 0 aliphatic carbocycles. The molecule has 3 N–H and O–H groups in total. The first-order chi connectivity index (χ1) is 7.13. The van der Waals surface area contributed by atoms with Crippen LogP contribution in [0.3, 0.4) is 0 Å². The summed E-state index contributed by atoms with van der Waals surface area (Å²) < 4.78 is 15.7. The number of benzene rings is 1. The van der Waals surface area contributed by atoms with Crippen LogP contribution in [0.25, 0.3) is 0 Å². The second kappa shape index (κ2) is 4.89. The van der Waals surface area contributed by atoms with Gasteiger partial charge in [-0.1, -0.05) is 0 Å². The third-order valence-corrected chi connectivity index (χ3v) is 2.26. The molecule has 0 bridgehead atoms. The SMILES string of the molecule is COc1cc([C@H](C)[NH3+])cc(OC)c1OC. The van der Waals surface area contributed by atoms with E-state index in [2.05, 4.69) is 5.73 Å². The molecule has 0 spiro atoms. The molecule has 1 aromatic carbocycles. The van der Waals surface area contributed by atoms with Crippen LogP contribution in [-0.4, -0.2) is 21.3 Å². The molecule has 0 radical (unpaired) electrons. The summed E-state index contributed by atoms with van der Waals surface area (Å²) in [5, 5.41) is 0. The zero-order valence-electron chi connectivity index (χ0n) is 9.66. The minimum atomic E-state index is 0.179. The zero-order chi connectivity index (χ0) is 11.4. The Bertz CT molecular complexity index is 312. The van der Waals surface area contributed by atoms with E-state index in [0.717, 1.165) is 5.56 Å². The summed E-state index contributed by atoms with van der Waals surface area (Å²) in [7, 11) is 4.80. The lowest BCUT2D eigenvalue weighted by Crippen LogP contribution is -2.51. The van der Waals surface area contributed by atoms with Gasteiger partial charge in [0.25, 0.3) is 0 Å². The number of ether oxygens (including phenoxy) is 3. The lowest BCUT2D eigenvalue weighted by molar-refractivity contribution is -0.420. The molecule has 0 saturated carbocycles. The van der Waals surface area contributed by atoms with Crippen molar-refractivity contribution in [3.05, 3.63) is 17.7 Å². The van der Waals surface area contributed by atoms with Crippen LogP contribution in [0.5, 0.6) is 17.2 Å². The van der Waals surface area contributed by atoms with E-state index >= 15 is 0 Å². The first-order valence-electron chi connectivity index (χ1n) is 4.77. The first-order valence-corrected chi connectivity index (χ1v) is 4.77. The Kier molecular flexibility index (Phi) is 3.80. The summed E-state index contributed by atoms with van der Waals surface area (Å²) in [6.45, 7) is 2.01. The smallest absolute Gasteiger partial charge is 0.203 e. The molecule has 0 amide bonds. The third-order valence-electron chi connectivity index (χ3n) is 2.26. The van der Waals surface area contributed by atoms with Gasteiger partial charge < -0.3 is 19.9 Å². The van der Waals surface area contributed by atoms with Gasteiger partial charge in [-0.05, 0) is 19.1 Å². The number of hydrogen-bond acceptors (Lipinski definition) is 3. The quantitative estimate of drug-likeness (QED) is 0.810. The van der Waals surface area contributed by atoms with Crippen molar-refractivity contribution >= 4 is 0 Å². The molecule has 0 fully saturated rings. The van der Waals surface area contributed by atoms with Gasteiger partial charge in [-0.2, -0.15) is 0 Å². The maximum Gasteiger partial charge on any atom is 0.203 e. The van der Waals surface area contributed by atoms with Gasteiger partial charge in [-0.15, -0.1) is 0 Å². The van der Waals surface area contributed by atoms with Gasteiger partial charge in [0.1, 0.15) is 6.04 Å². The largest absolute Gasteiger partial charge is 0.493 e. The summed E-state index contributed by atoms with van der Waals surface area (Å²) in [5.41, 5.74) is 5.02. The Balaban J connectivity index is 3.29. The Labute approximate surface area is 89.9 Å². The maximum absolute atomic E-state index is 5.24. The molecule has 0 heterocycles. The maximum atomic E-state index is 5.24. The van der Waals surface area contributed by atoms with Gasteiger partial charge in [0, 0.05) is 5.56 Å². The molecule has 0 unspecified atom stereocenters. The number of rotatable bonds is 4. The Morgan fingerprint density at radius 1 is 1.00 bits per heavy atom. The van der Waals surface area contributed by atoms with Crippen LogP contribution in [0.1, 0.15) is 18.5 Å². The third kappa shape index (κ3) is 2.33. The van der Waals surface area contributed by atoms with Crippen molar-refractivity contribution in [1.29, 1.82) is 0 Å². The number of hydrogen-bond donors (Lipinski definition) is 1. The number of quaternary nitrogens is 1. The van der Waals surface area contributed by atoms with E-state index in [1.54, 1.807) is 21.3 Å². The molecule has 15 heavy (non-hydrogen) atoms. The van der Waals surface area contributed by atoms with E-state index in [-0.39, 0.29) is 6.04 Å². The van der Waals surface area contributed by atoms with Crippen LogP contribution in [0.2, 0.25) is 0 Å². The predicted molar refractivity (Wildman–Crippen MR) is 57.4 cm³/mol. The van der Waals surface area contributed by atoms with E-state index in [1.807, 2.05) is 19.1 Å². The molecular formula is C11H18NO3+. The standard InChI is InChI=1S/C11H17NO3/c1-7(12)8-5-9(13-2)11(15-4)10(6-8)14-3/h5-7H,12H2,1-4H3/p+1/t7-/m0/s1. The van der Waals surface area contributed by atoms with Crippen LogP contribution >= 0.6 is 0 Å². The van der Waals surface area contributed by atoms with E-state index < -0.39 is 0 Å². The average Bonchev–Trinajstić information content (AvgIpc) is 2.26. The van der Waals surface area contributed by atoms with Crippen molar-refractivity contribution < 1.29 is 19.9 Å². The molecule has 0 aliphatic heterocycles. The molecule has 0 aliphatic rings. The normalized spacial score (nSPS) is 12.1. The van der Waals surface area contributed by atoms with Crippen molar-refractivity contribution in [2.24, 2.45) is 0 Å². The predicted octanol–water partition coefficient (Wildman–Crippen LogP) is 1.02. The Morgan fingerprint density at radius 2 is 1.47 bits per heavy atom. The highest BCUT2D eigenvalue weighted by Gasteiger charge is 2.15. The van der Waals surface area contributed by atoms with Crippen LogP contribution in [0.4, 0.5) is 0 Å². The fourth-order valence-corrected chi connectivity index (χ4v) is 1.39. The highest BCUT2D eigenvalue weighted by molar-refractivity contribution is 5.54. The van der Waals surface area contributed by atoms with Gasteiger partial charge in [0.15, 0.2) is 11.5 Å². The molecule has 4 nitrogen and oxygen atoms in total. The molecular weight excluding hydrogens is 194 g/mol. The molecule has 1 atom stereocenters. The summed E-state index contributed by atoms with van der Waals surface area (Å²) in [6, 6.07) is 4.01. The molecule has 1 aromatic rings. The van der Waals surface area contributed by atoms with E-state index in [9.17, 15) is 0 Å². The summed E-state index contributed by atoms with van der Waals surface area (Å²) in [4.78, 5) is 0.